The van der Waals surface area contributed by atoms with E-state index in [0.717, 1.165) is 24.9 Å². The topological polar surface area (TPSA) is 52.7 Å². The molecule has 1 aromatic rings. The van der Waals surface area contributed by atoms with Gasteiger partial charge < -0.3 is 15.1 Å². The summed E-state index contributed by atoms with van der Waals surface area (Å²) in [4.78, 5) is 27.5. The zero-order valence-electron chi connectivity index (χ0n) is 13.7. The molecule has 0 radical (unpaired) electrons. The van der Waals surface area contributed by atoms with Gasteiger partial charge >= 0.3 is 6.03 Å². The first kappa shape index (κ1) is 17.6. The zero-order valence-corrected chi connectivity index (χ0v) is 14.5. The molecule has 126 valence electrons. The summed E-state index contributed by atoms with van der Waals surface area (Å²) in [5.74, 6) is 0.194. The van der Waals surface area contributed by atoms with Gasteiger partial charge in [0.1, 0.15) is 0 Å². The number of halogens is 1. The van der Waals surface area contributed by atoms with Gasteiger partial charge in [0.25, 0.3) is 0 Å². The van der Waals surface area contributed by atoms with Crippen LogP contribution in [0.2, 0.25) is 5.02 Å². The molecule has 5 nitrogen and oxygen atoms in total. The molecule has 1 N–H and O–H groups in total. The van der Waals surface area contributed by atoms with E-state index >= 15 is 0 Å². The van der Waals surface area contributed by atoms with E-state index in [1.165, 1.54) is 0 Å². The van der Waals surface area contributed by atoms with Gasteiger partial charge in [0.2, 0.25) is 5.91 Å². The van der Waals surface area contributed by atoms with Crippen LogP contribution < -0.4 is 5.32 Å². The van der Waals surface area contributed by atoms with E-state index in [4.69, 9.17) is 11.6 Å². The smallest absolute Gasteiger partial charge is 0.317 e. The lowest BCUT2D eigenvalue weighted by atomic mass is 10.1. The number of likely N-dealkylation sites (tertiary alicyclic amines) is 1. The summed E-state index contributed by atoms with van der Waals surface area (Å²) < 4.78 is 0. The number of nitrogens with zero attached hydrogens (tertiary/aromatic N) is 2. The maximum Gasteiger partial charge on any atom is 0.317 e. The van der Waals surface area contributed by atoms with Crippen molar-refractivity contribution in [1.29, 1.82) is 0 Å². The molecule has 0 aromatic heterocycles. The van der Waals surface area contributed by atoms with Crippen LogP contribution in [0.15, 0.2) is 24.3 Å². The van der Waals surface area contributed by atoms with Crippen LogP contribution in [-0.2, 0) is 4.79 Å². The Morgan fingerprint density at radius 3 is 2.70 bits per heavy atom. The summed E-state index contributed by atoms with van der Waals surface area (Å²) in [5.41, 5.74) is 1.00. The average molecular weight is 338 g/mol. The van der Waals surface area contributed by atoms with Crippen LogP contribution in [0.1, 0.15) is 37.8 Å². The molecule has 23 heavy (non-hydrogen) atoms. The summed E-state index contributed by atoms with van der Waals surface area (Å²) in [6, 6.07) is 7.19. The fourth-order valence-electron chi connectivity index (χ4n) is 2.60. The molecule has 1 saturated heterocycles. The highest BCUT2D eigenvalue weighted by Gasteiger charge is 2.19. The number of hydrogen-bond donors (Lipinski definition) is 1. The molecule has 6 heteroatoms. The van der Waals surface area contributed by atoms with Crippen LogP contribution in [-0.4, -0.2) is 48.4 Å². The normalized spacial score (nSPS) is 16.1. The Balaban J connectivity index is 1.80. The molecule has 1 fully saturated rings. The molecule has 0 spiro atoms. The summed E-state index contributed by atoms with van der Waals surface area (Å²) in [7, 11) is 1.75. The number of carbonyl (C=O) groups is 2. The van der Waals surface area contributed by atoms with E-state index in [1.54, 1.807) is 11.9 Å². The van der Waals surface area contributed by atoms with Crippen molar-refractivity contribution in [2.45, 2.75) is 32.2 Å². The van der Waals surface area contributed by atoms with Crippen LogP contribution in [0, 0.1) is 0 Å². The van der Waals surface area contributed by atoms with Gasteiger partial charge in [-0.1, -0.05) is 23.7 Å². The van der Waals surface area contributed by atoms with Crippen molar-refractivity contribution in [3.8, 4) is 0 Å². The van der Waals surface area contributed by atoms with Gasteiger partial charge in [-0.05, 0) is 37.5 Å². The lowest BCUT2D eigenvalue weighted by molar-refractivity contribution is -0.133. The number of piperidine rings is 1. The van der Waals surface area contributed by atoms with Gasteiger partial charge in [0.05, 0.1) is 6.04 Å². The highest BCUT2D eigenvalue weighted by atomic mass is 35.5. The molecule has 0 saturated carbocycles. The molecular weight excluding hydrogens is 314 g/mol. The largest absolute Gasteiger partial charge is 0.341 e. The van der Waals surface area contributed by atoms with Gasteiger partial charge in [-0.25, -0.2) is 4.79 Å². The van der Waals surface area contributed by atoms with E-state index in [-0.39, 0.29) is 18.0 Å². The fraction of sp³-hybridized carbons (Fsp3) is 0.529. The van der Waals surface area contributed by atoms with Gasteiger partial charge in [-0.3, -0.25) is 4.79 Å². The number of amides is 3. The molecule has 1 heterocycles. The minimum absolute atomic E-state index is 0.0983. The lowest BCUT2D eigenvalue weighted by Crippen LogP contribution is -2.44. The first-order valence-corrected chi connectivity index (χ1v) is 8.40. The Morgan fingerprint density at radius 2 is 2.04 bits per heavy atom. The second-order valence-corrected chi connectivity index (χ2v) is 6.42. The molecule has 2 rings (SSSR count). The van der Waals surface area contributed by atoms with Crippen molar-refractivity contribution >= 4 is 23.5 Å². The fourth-order valence-corrected chi connectivity index (χ4v) is 2.73. The number of likely N-dealkylation sites (N-methyl/N-ethyl adjacent to an activating group) is 1. The van der Waals surface area contributed by atoms with Gasteiger partial charge in [-0.2, -0.15) is 0 Å². The minimum atomic E-state index is -0.142. The molecular formula is C17H24ClN3O2. The van der Waals surface area contributed by atoms with E-state index in [9.17, 15) is 9.59 Å². The van der Waals surface area contributed by atoms with Crippen molar-refractivity contribution in [3.05, 3.63) is 34.9 Å². The van der Waals surface area contributed by atoms with Crippen molar-refractivity contribution in [2.24, 2.45) is 0 Å². The second kappa shape index (κ2) is 8.20. The van der Waals surface area contributed by atoms with Crippen LogP contribution in [0.3, 0.4) is 0 Å². The molecule has 0 aliphatic carbocycles. The molecule has 1 aliphatic rings. The van der Waals surface area contributed by atoms with Crippen LogP contribution in [0.25, 0.3) is 0 Å². The molecule has 1 aromatic carbocycles. The number of benzene rings is 1. The molecule has 3 amide bonds. The Kier molecular flexibility index (Phi) is 6.28. The van der Waals surface area contributed by atoms with Crippen LogP contribution >= 0.6 is 11.6 Å². The number of rotatable bonds is 5. The van der Waals surface area contributed by atoms with E-state index in [1.807, 2.05) is 36.1 Å². The third-order valence-corrected chi connectivity index (χ3v) is 4.44. The highest BCUT2D eigenvalue weighted by molar-refractivity contribution is 6.30. The number of nitrogens with one attached hydrogen (secondary N) is 1. The summed E-state index contributed by atoms with van der Waals surface area (Å²) in [5, 5.41) is 3.63. The molecule has 1 unspecified atom stereocenters. The Bertz CT molecular complexity index is 547. The number of hydrogen-bond acceptors (Lipinski definition) is 2. The number of urea groups is 1. The lowest BCUT2D eigenvalue weighted by Gasteiger charge is -2.29. The van der Waals surface area contributed by atoms with Gasteiger partial charge in [0, 0.05) is 38.1 Å². The maximum atomic E-state index is 12.2. The molecule has 1 atom stereocenters. The molecule has 1 aliphatic heterocycles. The molecule has 0 bridgehead atoms. The van der Waals surface area contributed by atoms with E-state index < -0.39 is 0 Å². The third-order valence-electron chi connectivity index (χ3n) is 4.18. The minimum Gasteiger partial charge on any atom is -0.341 e. The van der Waals surface area contributed by atoms with Crippen molar-refractivity contribution in [3.63, 3.8) is 0 Å². The van der Waals surface area contributed by atoms with Gasteiger partial charge in [0.15, 0.2) is 0 Å². The Labute approximate surface area is 142 Å². The van der Waals surface area contributed by atoms with Gasteiger partial charge in [-0.15, -0.1) is 0 Å². The second-order valence-electron chi connectivity index (χ2n) is 5.98. The van der Waals surface area contributed by atoms with Crippen molar-refractivity contribution < 1.29 is 9.59 Å². The Morgan fingerprint density at radius 1 is 1.35 bits per heavy atom. The summed E-state index contributed by atoms with van der Waals surface area (Å²) in [6.45, 7) is 3.86. The first-order valence-electron chi connectivity index (χ1n) is 8.02. The third kappa shape index (κ3) is 5.13. The number of carbonyl (C=O) groups excluding carboxylic acids is 2. The van der Waals surface area contributed by atoms with E-state index in [2.05, 4.69) is 5.32 Å². The van der Waals surface area contributed by atoms with E-state index in [0.29, 0.717) is 24.5 Å². The van der Waals surface area contributed by atoms with Crippen LogP contribution in [0.5, 0.6) is 0 Å². The SMILES string of the molecule is CC(NC(=O)N(C)CCN1CCCCC1=O)c1ccc(Cl)cc1. The highest BCUT2D eigenvalue weighted by Crippen LogP contribution is 2.16. The van der Waals surface area contributed by atoms with Crippen LogP contribution in [0.4, 0.5) is 4.79 Å². The Hall–Kier alpha value is -1.75. The van der Waals surface area contributed by atoms with Crippen molar-refractivity contribution in [1.82, 2.24) is 15.1 Å². The standard InChI is InChI=1S/C17H24ClN3O2/c1-13(14-6-8-15(18)9-7-14)19-17(23)20(2)11-12-21-10-4-3-5-16(21)22/h6-9,13H,3-5,10-12H2,1-2H3,(H,19,23). The predicted octanol–water partition coefficient (Wildman–Crippen LogP) is 3.05. The summed E-state index contributed by atoms with van der Waals surface area (Å²) >= 11 is 5.87. The maximum absolute atomic E-state index is 12.2. The average Bonchev–Trinajstić information content (AvgIpc) is 2.54. The quantitative estimate of drug-likeness (QED) is 0.897. The monoisotopic (exact) mass is 337 g/mol. The summed E-state index contributed by atoms with van der Waals surface area (Å²) in [6.07, 6.45) is 2.66. The predicted molar refractivity (Wildman–Crippen MR) is 91.5 cm³/mol. The van der Waals surface area contributed by atoms with Crippen molar-refractivity contribution in [2.75, 3.05) is 26.7 Å². The first-order chi connectivity index (χ1) is 11.0. The zero-order chi connectivity index (χ0) is 16.8.